The number of hydrogen-bond acceptors (Lipinski definition) is 2. The lowest BCUT2D eigenvalue weighted by molar-refractivity contribution is 1.27. The first-order chi connectivity index (χ1) is 19.6. The lowest BCUT2D eigenvalue weighted by atomic mass is 9.96. The highest BCUT2D eigenvalue weighted by molar-refractivity contribution is 5.86. The highest BCUT2D eigenvalue weighted by Crippen LogP contribution is 2.38. The molecule has 0 amide bonds. The van der Waals surface area contributed by atoms with E-state index in [1.807, 2.05) is 6.07 Å². The number of rotatable bonds is 7. The normalized spacial score (nSPS) is 10.8. The van der Waals surface area contributed by atoms with Crippen LogP contribution in [0.3, 0.4) is 0 Å². The molecule has 194 valence electrons. The highest BCUT2D eigenvalue weighted by Gasteiger charge is 2.14. The SMILES string of the molecule is Cc1cccc(-c2cc(-c3ccc(N(c4ccccc4)c4cccc(C)c4)cc3)ccc2Nc2ccccc2)c1. The van der Waals surface area contributed by atoms with Crippen LogP contribution in [0.15, 0.2) is 152 Å². The smallest absolute Gasteiger partial charge is 0.0464 e. The van der Waals surface area contributed by atoms with Crippen LogP contribution in [0, 0.1) is 13.8 Å². The van der Waals surface area contributed by atoms with Crippen molar-refractivity contribution in [1.29, 1.82) is 0 Å². The first kappa shape index (κ1) is 25.2. The fourth-order valence-corrected chi connectivity index (χ4v) is 5.16. The summed E-state index contributed by atoms with van der Waals surface area (Å²) in [5, 5.41) is 3.63. The Labute approximate surface area is 237 Å². The van der Waals surface area contributed by atoms with Crippen LogP contribution in [0.1, 0.15) is 11.1 Å². The third-order valence-corrected chi connectivity index (χ3v) is 7.13. The average molecular weight is 517 g/mol. The van der Waals surface area contributed by atoms with Crippen LogP contribution in [-0.4, -0.2) is 0 Å². The van der Waals surface area contributed by atoms with E-state index in [2.05, 4.69) is 170 Å². The zero-order valence-electron chi connectivity index (χ0n) is 22.9. The van der Waals surface area contributed by atoms with Gasteiger partial charge in [0.25, 0.3) is 0 Å². The van der Waals surface area contributed by atoms with Gasteiger partial charge in [-0.15, -0.1) is 0 Å². The lowest BCUT2D eigenvalue weighted by Crippen LogP contribution is -2.09. The van der Waals surface area contributed by atoms with Gasteiger partial charge in [0.1, 0.15) is 0 Å². The molecule has 0 aliphatic heterocycles. The molecule has 0 aromatic heterocycles. The summed E-state index contributed by atoms with van der Waals surface area (Å²) in [5.41, 5.74) is 12.8. The second kappa shape index (κ2) is 11.3. The van der Waals surface area contributed by atoms with Crippen molar-refractivity contribution in [2.45, 2.75) is 13.8 Å². The van der Waals surface area contributed by atoms with E-state index in [-0.39, 0.29) is 0 Å². The minimum atomic E-state index is 1.07. The van der Waals surface area contributed by atoms with Crippen molar-refractivity contribution in [1.82, 2.24) is 0 Å². The van der Waals surface area contributed by atoms with Gasteiger partial charge in [-0.05, 0) is 96.8 Å². The summed E-state index contributed by atoms with van der Waals surface area (Å²) in [7, 11) is 0. The summed E-state index contributed by atoms with van der Waals surface area (Å²) in [6.45, 7) is 4.28. The second-order valence-corrected chi connectivity index (χ2v) is 10.2. The topological polar surface area (TPSA) is 15.3 Å². The first-order valence-electron chi connectivity index (χ1n) is 13.7. The van der Waals surface area contributed by atoms with E-state index in [1.54, 1.807) is 0 Å². The van der Waals surface area contributed by atoms with Gasteiger partial charge in [0.05, 0.1) is 0 Å². The van der Waals surface area contributed by atoms with Gasteiger partial charge >= 0.3 is 0 Å². The van der Waals surface area contributed by atoms with Crippen LogP contribution >= 0.6 is 0 Å². The molecule has 0 aliphatic rings. The maximum atomic E-state index is 3.63. The third-order valence-electron chi connectivity index (χ3n) is 7.13. The standard InChI is InChI=1S/C38H32N2/c1-28-11-9-13-32(25-28)37-27-31(21-24-38(37)39-33-14-5-3-6-15-33)30-19-22-35(23-20-30)40(34-16-7-4-8-17-34)36-18-10-12-29(2)26-36/h3-27,39H,1-2H3. The summed E-state index contributed by atoms with van der Waals surface area (Å²) in [6.07, 6.45) is 0. The summed E-state index contributed by atoms with van der Waals surface area (Å²) in [6, 6.07) is 53.8. The third kappa shape index (κ3) is 5.52. The second-order valence-electron chi connectivity index (χ2n) is 10.2. The minimum absolute atomic E-state index is 1.07. The Hall–Kier alpha value is -5.08. The summed E-state index contributed by atoms with van der Waals surface area (Å²) < 4.78 is 0. The van der Waals surface area contributed by atoms with Gasteiger partial charge < -0.3 is 10.2 Å². The molecule has 6 aromatic carbocycles. The Morgan fingerprint density at radius 2 is 1.02 bits per heavy atom. The Bertz CT molecular complexity index is 1720. The number of benzene rings is 6. The van der Waals surface area contributed by atoms with Crippen LogP contribution < -0.4 is 10.2 Å². The van der Waals surface area contributed by atoms with Crippen LogP contribution in [0.5, 0.6) is 0 Å². The van der Waals surface area contributed by atoms with Crippen molar-refractivity contribution in [3.05, 3.63) is 163 Å². The van der Waals surface area contributed by atoms with Gasteiger partial charge in [0.2, 0.25) is 0 Å². The maximum absolute atomic E-state index is 3.63. The van der Waals surface area contributed by atoms with Crippen molar-refractivity contribution in [2.75, 3.05) is 10.2 Å². The molecule has 40 heavy (non-hydrogen) atoms. The highest BCUT2D eigenvalue weighted by atomic mass is 15.1. The van der Waals surface area contributed by atoms with E-state index >= 15 is 0 Å². The molecule has 0 bridgehead atoms. The van der Waals surface area contributed by atoms with Crippen molar-refractivity contribution < 1.29 is 0 Å². The molecule has 6 aromatic rings. The fourth-order valence-electron chi connectivity index (χ4n) is 5.16. The molecular formula is C38H32N2. The molecule has 1 N–H and O–H groups in total. The molecule has 0 spiro atoms. The maximum Gasteiger partial charge on any atom is 0.0464 e. The summed E-state index contributed by atoms with van der Waals surface area (Å²) in [5.74, 6) is 0. The molecule has 0 unspecified atom stereocenters. The van der Waals surface area contributed by atoms with Gasteiger partial charge in [-0.3, -0.25) is 0 Å². The van der Waals surface area contributed by atoms with E-state index < -0.39 is 0 Å². The molecule has 2 heteroatoms. The van der Waals surface area contributed by atoms with E-state index in [0.29, 0.717) is 0 Å². The molecule has 0 atom stereocenters. The molecule has 6 rings (SSSR count). The lowest BCUT2D eigenvalue weighted by Gasteiger charge is -2.26. The molecule has 0 radical (unpaired) electrons. The van der Waals surface area contributed by atoms with E-state index in [4.69, 9.17) is 0 Å². The van der Waals surface area contributed by atoms with Gasteiger partial charge in [-0.2, -0.15) is 0 Å². The molecule has 0 fully saturated rings. The largest absolute Gasteiger partial charge is 0.355 e. The molecule has 0 aliphatic carbocycles. The first-order valence-corrected chi connectivity index (χ1v) is 13.7. The molecular weight excluding hydrogens is 484 g/mol. The van der Waals surface area contributed by atoms with Crippen molar-refractivity contribution >= 4 is 28.4 Å². The number of nitrogens with one attached hydrogen (secondary N) is 1. The number of nitrogens with zero attached hydrogens (tertiary/aromatic N) is 1. The van der Waals surface area contributed by atoms with Crippen molar-refractivity contribution in [3.63, 3.8) is 0 Å². The van der Waals surface area contributed by atoms with Gasteiger partial charge in [0, 0.05) is 34.0 Å². The average Bonchev–Trinajstić information content (AvgIpc) is 2.99. The van der Waals surface area contributed by atoms with E-state index in [1.165, 1.54) is 33.4 Å². The van der Waals surface area contributed by atoms with Crippen LogP contribution in [-0.2, 0) is 0 Å². The summed E-state index contributed by atoms with van der Waals surface area (Å²) >= 11 is 0. The number of para-hydroxylation sites is 2. The van der Waals surface area contributed by atoms with Crippen LogP contribution in [0.4, 0.5) is 28.4 Å². The number of hydrogen-bond donors (Lipinski definition) is 1. The van der Waals surface area contributed by atoms with Crippen LogP contribution in [0.25, 0.3) is 22.3 Å². The number of aryl methyl sites for hydroxylation is 2. The molecule has 0 heterocycles. The quantitative estimate of drug-likeness (QED) is 0.227. The summed E-state index contributed by atoms with van der Waals surface area (Å²) in [4.78, 5) is 2.31. The monoisotopic (exact) mass is 516 g/mol. The number of anilines is 5. The predicted molar refractivity (Wildman–Crippen MR) is 171 cm³/mol. The molecule has 0 saturated carbocycles. The fraction of sp³-hybridized carbons (Fsp3) is 0.0526. The van der Waals surface area contributed by atoms with Gasteiger partial charge in [-0.25, -0.2) is 0 Å². The zero-order chi connectivity index (χ0) is 27.3. The zero-order valence-corrected chi connectivity index (χ0v) is 22.9. The van der Waals surface area contributed by atoms with Crippen molar-refractivity contribution in [3.8, 4) is 22.3 Å². The van der Waals surface area contributed by atoms with E-state index in [9.17, 15) is 0 Å². The Kier molecular flexibility index (Phi) is 7.15. The van der Waals surface area contributed by atoms with E-state index in [0.717, 1.165) is 28.4 Å². The molecule has 2 nitrogen and oxygen atoms in total. The minimum Gasteiger partial charge on any atom is -0.355 e. The van der Waals surface area contributed by atoms with Crippen molar-refractivity contribution in [2.24, 2.45) is 0 Å². The molecule has 0 saturated heterocycles. The van der Waals surface area contributed by atoms with Gasteiger partial charge in [-0.1, -0.05) is 96.6 Å². The van der Waals surface area contributed by atoms with Crippen LogP contribution in [0.2, 0.25) is 0 Å². The Morgan fingerprint density at radius 1 is 0.425 bits per heavy atom. The Morgan fingerprint density at radius 3 is 1.73 bits per heavy atom. The van der Waals surface area contributed by atoms with Gasteiger partial charge in [0.15, 0.2) is 0 Å². The Balaban J connectivity index is 1.39. The predicted octanol–water partition coefficient (Wildman–Crippen LogP) is 10.9.